The second kappa shape index (κ2) is 20.5. The molecule has 0 aromatic heterocycles. The molecule has 0 unspecified atom stereocenters. The van der Waals surface area contributed by atoms with Crippen molar-refractivity contribution in [3.05, 3.63) is 28.8 Å². The molecule has 12 nitrogen and oxygen atoms in total. The number of aryl methyl sites for hydroxylation is 2. The Morgan fingerprint density at radius 3 is 2.26 bits per heavy atom. The number of phenolic OH excluding ortho intramolecular Hbond substituents is 1. The molecule has 0 saturated heterocycles. The molecule has 4 amide bonds. The van der Waals surface area contributed by atoms with E-state index in [-0.39, 0.29) is 43.6 Å². The highest BCUT2D eigenvalue weighted by Crippen LogP contribution is 2.29. The smallest absolute Gasteiger partial charge is 0.305 e. The lowest BCUT2D eigenvalue weighted by molar-refractivity contribution is -0.141. The fourth-order valence-electron chi connectivity index (χ4n) is 6.37. The Bertz CT molecular complexity index is 1180. The lowest BCUT2D eigenvalue weighted by Crippen LogP contribution is -2.55. The number of nitrogens with one attached hydrogen (secondary N) is 2. The summed E-state index contributed by atoms with van der Waals surface area (Å²) in [6, 6.07) is 0.602. The number of phenols is 1. The lowest BCUT2D eigenvalue weighted by Gasteiger charge is -2.33. The number of benzene rings is 1. The Kier molecular flexibility index (Phi) is 17.3. The van der Waals surface area contributed by atoms with E-state index >= 15 is 0 Å². The van der Waals surface area contributed by atoms with Gasteiger partial charge in [-0.25, -0.2) is 0 Å². The summed E-state index contributed by atoms with van der Waals surface area (Å²) in [6.45, 7) is 5.56. The number of unbranched alkanes of at least 4 members (excludes halogenated alkanes) is 3. The van der Waals surface area contributed by atoms with E-state index in [4.69, 9.17) is 16.2 Å². The number of hydrogen-bond donors (Lipinski definition) is 5. The van der Waals surface area contributed by atoms with Crippen LogP contribution < -0.4 is 22.1 Å². The molecule has 0 radical (unpaired) electrons. The van der Waals surface area contributed by atoms with Crippen molar-refractivity contribution in [1.82, 2.24) is 15.5 Å². The standard InChI is InChI=1S/C35H57N5O7/c1-5-6-15-29(39-34(45)28(36)21-27-23(2)18-26(41)19-24(27)3)35(46)38-22-31(42)40(17-12-8-11-16-32(43)47-4)30(33(37)44)20-25-13-9-7-10-14-25/h18-19,25,28-30,41H,5-17,20-22,36H2,1-4H3,(H2,37,44)(H,38,46)(H,39,45)/t28-,29+,30-/m0/s1. The number of nitrogens with two attached hydrogens (primary N) is 2. The van der Waals surface area contributed by atoms with Crippen LogP contribution in [0, 0.1) is 19.8 Å². The van der Waals surface area contributed by atoms with Crippen LogP contribution in [0.5, 0.6) is 5.75 Å². The molecular weight excluding hydrogens is 602 g/mol. The van der Waals surface area contributed by atoms with Crippen LogP contribution in [0.1, 0.15) is 107 Å². The van der Waals surface area contributed by atoms with Gasteiger partial charge in [0.2, 0.25) is 23.6 Å². The van der Waals surface area contributed by atoms with Crippen molar-refractivity contribution in [2.24, 2.45) is 17.4 Å². The van der Waals surface area contributed by atoms with Gasteiger partial charge < -0.3 is 36.8 Å². The Balaban J connectivity index is 2.10. The van der Waals surface area contributed by atoms with Crippen LogP contribution in [0.15, 0.2) is 12.1 Å². The molecule has 3 atom stereocenters. The topological polar surface area (TPSA) is 194 Å². The van der Waals surface area contributed by atoms with E-state index in [1.807, 2.05) is 20.8 Å². The first kappa shape index (κ1) is 39.5. The third kappa shape index (κ3) is 13.5. The summed E-state index contributed by atoms with van der Waals surface area (Å²) >= 11 is 0. The van der Waals surface area contributed by atoms with Crippen molar-refractivity contribution in [2.45, 2.75) is 129 Å². The SMILES string of the molecule is CCCC[C@@H](NC(=O)[C@@H](N)Cc1c(C)cc(O)cc1C)C(=O)NCC(=O)N(CCCCCC(=O)OC)[C@@H](CC1CCCCC1)C(N)=O. The van der Waals surface area contributed by atoms with Gasteiger partial charge in [-0.1, -0.05) is 58.3 Å². The molecule has 1 fully saturated rings. The van der Waals surface area contributed by atoms with Crippen molar-refractivity contribution >= 4 is 29.6 Å². The molecule has 1 aliphatic rings. The van der Waals surface area contributed by atoms with Gasteiger partial charge in [-0.05, 0) is 80.7 Å². The zero-order chi connectivity index (χ0) is 34.9. The maximum atomic E-state index is 13.6. The summed E-state index contributed by atoms with van der Waals surface area (Å²) in [6.07, 6.45) is 9.86. The van der Waals surface area contributed by atoms with Crippen LogP contribution in [0.2, 0.25) is 0 Å². The molecule has 1 saturated carbocycles. The van der Waals surface area contributed by atoms with Crippen LogP contribution in [-0.2, 0) is 35.1 Å². The summed E-state index contributed by atoms with van der Waals surface area (Å²) in [5.41, 5.74) is 14.6. The first-order valence-corrected chi connectivity index (χ1v) is 17.2. The normalized spacial score (nSPS) is 15.3. The number of hydrogen-bond acceptors (Lipinski definition) is 8. The zero-order valence-corrected chi connectivity index (χ0v) is 28.8. The Morgan fingerprint density at radius 1 is 1.00 bits per heavy atom. The first-order valence-electron chi connectivity index (χ1n) is 17.2. The third-order valence-corrected chi connectivity index (χ3v) is 9.15. The highest BCUT2D eigenvalue weighted by atomic mass is 16.5. The minimum Gasteiger partial charge on any atom is -0.508 e. The maximum absolute atomic E-state index is 13.6. The van der Waals surface area contributed by atoms with Crippen molar-refractivity contribution in [1.29, 1.82) is 0 Å². The van der Waals surface area contributed by atoms with E-state index in [2.05, 4.69) is 10.6 Å². The van der Waals surface area contributed by atoms with Gasteiger partial charge in [0.25, 0.3) is 0 Å². The zero-order valence-electron chi connectivity index (χ0n) is 28.8. The lowest BCUT2D eigenvalue weighted by atomic mass is 9.84. The predicted octanol–water partition coefficient (Wildman–Crippen LogP) is 3.06. The molecule has 264 valence electrons. The van der Waals surface area contributed by atoms with Crippen LogP contribution in [-0.4, -0.2) is 77.9 Å². The largest absolute Gasteiger partial charge is 0.508 e. The molecule has 1 aliphatic carbocycles. The number of primary amides is 1. The number of nitrogens with zero attached hydrogens (tertiary/aromatic N) is 1. The number of carbonyl (C=O) groups excluding carboxylic acids is 5. The quantitative estimate of drug-likeness (QED) is 0.104. The second-order valence-corrected chi connectivity index (χ2v) is 12.9. The van der Waals surface area contributed by atoms with E-state index in [0.29, 0.717) is 38.5 Å². The van der Waals surface area contributed by atoms with Crippen molar-refractivity contribution in [3.63, 3.8) is 0 Å². The van der Waals surface area contributed by atoms with Gasteiger partial charge >= 0.3 is 5.97 Å². The molecule has 0 spiro atoms. The van der Waals surface area contributed by atoms with Gasteiger partial charge in [0.15, 0.2) is 0 Å². The van der Waals surface area contributed by atoms with Gasteiger partial charge in [-0.3, -0.25) is 24.0 Å². The molecule has 0 bridgehead atoms. The average molecular weight is 660 g/mol. The Hall–Kier alpha value is -3.67. The number of carbonyl (C=O) groups is 5. The van der Waals surface area contributed by atoms with Crippen LogP contribution in [0.25, 0.3) is 0 Å². The number of esters is 1. The minimum atomic E-state index is -0.929. The van der Waals surface area contributed by atoms with Crippen LogP contribution >= 0.6 is 0 Å². The Labute approximate surface area is 279 Å². The van der Waals surface area contributed by atoms with Crippen molar-refractivity contribution in [3.8, 4) is 5.75 Å². The Morgan fingerprint density at radius 2 is 1.66 bits per heavy atom. The summed E-state index contributed by atoms with van der Waals surface area (Å²) in [7, 11) is 1.34. The minimum absolute atomic E-state index is 0.140. The van der Waals surface area contributed by atoms with Gasteiger partial charge in [0.05, 0.1) is 19.7 Å². The number of rotatable bonds is 20. The fraction of sp³-hybridized carbons (Fsp3) is 0.686. The molecule has 0 aliphatic heterocycles. The highest BCUT2D eigenvalue weighted by Gasteiger charge is 2.32. The molecule has 1 aromatic carbocycles. The average Bonchev–Trinajstić information content (AvgIpc) is 3.04. The first-order chi connectivity index (χ1) is 22.4. The highest BCUT2D eigenvalue weighted by molar-refractivity contribution is 5.93. The van der Waals surface area contributed by atoms with E-state index < -0.39 is 41.8 Å². The molecule has 2 rings (SSSR count). The summed E-state index contributed by atoms with van der Waals surface area (Å²) in [5, 5.41) is 15.3. The molecule has 47 heavy (non-hydrogen) atoms. The number of methoxy groups -OCH3 is 1. The van der Waals surface area contributed by atoms with E-state index in [1.165, 1.54) is 12.0 Å². The van der Waals surface area contributed by atoms with Crippen molar-refractivity contribution < 1.29 is 33.8 Å². The van der Waals surface area contributed by atoms with Gasteiger partial charge in [-0.15, -0.1) is 0 Å². The molecule has 0 heterocycles. The van der Waals surface area contributed by atoms with Crippen molar-refractivity contribution in [2.75, 3.05) is 20.2 Å². The summed E-state index contributed by atoms with van der Waals surface area (Å²) < 4.78 is 4.70. The predicted molar refractivity (Wildman–Crippen MR) is 180 cm³/mol. The van der Waals surface area contributed by atoms with E-state index in [9.17, 15) is 29.1 Å². The van der Waals surface area contributed by atoms with Gasteiger partial charge in [-0.2, -0.15) is 0 Å². The monoisotopic (exact) mass is 659 g/mol. The second-order valence-electron chi connectivity index (χ2n) is 12.9. The summed E-state index contributed by atoms with van der Waals surface area (Å²) in [4.78, 5) is 65.8. The molecule has 7 N–H and O–H groups in total. The fourth-order valence-corrected chi connectivity index (χ4v) is 6.37. The number of aromatic hydroxyl groups is 1. The maximum Gasteiger partial charge on any atom is 0.305 e. The van der Waals surface area contributed by atoms with Crippen LogP contribution in [0.3, 0.4) is 0 Å². The van der Waals surface area contributed by atoms with Gasteiger partial charge in [0.1, 0.15) is 17.8 Å². The molecular formula is C35H57N5O7. The number of ether oxygens (including phenoxy) is 1. The van der Waals surface area contributed by atoms with Crippen LogP contribution in [0.4, 0.5) is 0 Å². The summed E-state index contributed by atoms with van der Waals surface area (Å²) in [5.74, 6) is -1.88. The molecule has 12 heteroatoms. The van der Waals surface area contributed by atoms with E-state index in [1.54, 1.807) is 12.1 Å². The number of amides is 4. The molecule has 1 aromatic rings. The van der Waals surface area contributed by atoms with E-state index in [0.717, 1.165) is 55.2 Å². The van der Waals surface area contributed by atoms with Gasteiger partial charge in [0, 0.05) is 13.0 Å². The third-order valence-electron chi connectivity index (χ3n) is 9.15.